The quantitative estimate of drug-likeness (QED) is 0.832. The normalized spacial score (nSPS) is 13.3. The third kappa shape index (κ3) is 4.58. The zero-order chi connectivity index (χ0) is 15.3. The summed E-state index contributed by atoms with van der Waals surface area (Å²) in [5.74, 6) is -0.490. The molecule has 112 valence electrons. The Balaban J connectivity index is 2.81. The number of hydrogen-bond acceptors (Lipinski definition) is 3. The van der Waals surface area contributed by atoms with E-state index >= 15 is 0 Å². The maximum atomic E-state index is 13.0. The van der Waals surface area contributed by atoms with Gasteiger partial charge in [0.05, 0.1) is 0 Å². The smallest absolute Gasteiger partial charge is 0.241 e. The molecule has 2 N–H and O–H groups in total. The Kier molecular flexibility index (Phi) is 5.65. The fourth-order valence-electron chi connectivity index (χ4n) is 1.81. The van der Waals surface area contributed by atoms with Crippen molar-refractivity contribution in [3.63, 3.8) is 0 Å². The summed E-state index contributed by atoms with van der Waals surface area (Å²) in [6.45, 7) is 4.12. The minimum absolute atomic E-state index is 0.00351. The highest BCUT2D eigenvalue weighted by atomic mass is 19.1. The maximum Gasteiger partial charge on any atom is 0.241 e. The highest BCUT2D eigenvalue weighted by molar-refractivity contribution is 5.83. The summed E-state index contributed by atoms with van der Waals surface area (Å²) >= 11 is 0. The van der Waals surface area contributed by atoms with Crippen molar-refractivity contribution in [3.8, 4) is 0 Å². The van der Waals surface area contributed by atoms with Gasteiger partial charge in [0, 0.05) is 18.6 Å². The van der Waals surface area contributed by atoms with Crippen LogP contribution in [0, 0.1) is 11.2 Å². The number of aliphatic hydroxyl groups is 1. The number of hydrogen-bond donors (Lipinski definition) is 2. The molecule has 0 aliphatic rings. The molecule has 20 heavy (non-hydrogen) atoms. The molecule has 1 aromatic carbocycles. The second kappa shape index (κ2) is 6.81. The fourth-order valence-corrected chi connectivity index (χ4v) is 1.81. The van der Waals surface area contributed by atoms with Crippen LogP contribution in [-0.2, 0) is 4.79 Å². The lowest BCUT2D eigenvalue weighted by atomic mass is 9.94. The van der Waals surface area contributed by atoms with Crippen molar-refractivity contribution in [2.45, 2.75) is 19.9 Å². The van der Waals surface area contributed by atoms with Crippen LogP contribution in [0.3, 0.4) is 0 Å². The van der Waals surface area contributed by atoms with Crippen molar-refractivity contribution in [1.29, 1.82) is 0 Å². The highest BCUT2D eigenvalue weighted by Gasteiger charge is 2.25. The van der Waals surface area contributed by atoms with Crippen LogP contribution in [-0.4, -0.2) is 43.2 Å². The second-order valence-electron chi connectivity index (χ2n) is 5.96. The van der Waals surface area contributed by atoms with Gasteiger partial charge in [-0.05, 0) is 31.8 Å². The van der Waals surface area contributed by atoms with Crippen LogP contribution in [0.15, 0.2) is 24.3 Å². The molecule has 0 heterocycles. The molecule has 0 spiro atoms. The van der Waals surface area contributed by atoms with E-state index in [0.29, 0.717) is 6.54 Å². The molecule has 0 fully saturated rings. The largest absolute Gasteiger partial charge is 0.396 e. The zero-order valence-corrected chi connectivity index (χ0v) is 12.5. The standard InChI is InChI=1S/C15H23FN2O2/c1-15(2,10-19)9-17-14(20)13(18(3)4)11-5-7-12(16)8-6-11/h5-8,13,19H,9-10H2,1-4H3,(H,17,20)/t13-/m0/s1. The second-order valence-corrected chi connectivity index (χ2v) is 5.96. The molecule has 1 amide bonds. The number of benzene rings is 1. The molecule has 0 aliphatic carbocycles. The Bertz CT molecular complexity index is 444. The van der Waals surface area contributed by atoms with Gasteiger partial charge in [0.25, 0.3) is 0 Å². The summed E-state index contributed by atoms with van der Waals surface area (Å²) in [7, 11) is 3.59. The third-order valence-corrected chi connectivity index (χ3v) is 3.12. The number of halogens is 1. The van der Waals surface area contributed by atoms with E-state index in [0.717, 1.165) is 5.56 Å². The molecule has 0 saturated heterocycles. The molecule has 0 radical (unpaired) electrons. The monoisotopic (exact) mass is 282 g/mol. The minimum Gasteiger partial charge on any atom is -0.396 e. The van der Waals surface area contributed by atoms with Gasteiger partial charge in [-0.2, -0.15) is 0 Å². The number of aliphatic hydroxyl groups excluding tert-OH is 1. The van der Waals surface area contributed by atoms with Crippen LogP contribution >= 0.6 is 0 Å². The van der Waals surface area contributed by atoms with E-state index in [1.165, 1.54) is 12.1 Å². The number of likely N-dealkylation sites (N-methyl/N-ethyl adjacent to an activating group) is 1. The van der Waals surface area contributed by atoms with Gasteiger partial charge in [-0.25, -0.2) is 4.39 Å². The molecule has 1 rings (SSSR count). The van der Waals surface area contributed by atoms with Crippen LogP contribution in [0.1, 0.15) is 25.5 Å². The summed E-state index contributed by atoms with van der Waals surface area (Å²) in [5.41, 5.74) is 0.366. The fraction of sp³-hybridized carbons (Fsp3) is 0.533. The number of rotatable bonds is 6. The van der Waals surface area contributed by atoms with Gasteiger partial charge >= 0.3 is 0 Å². The molecule has 0 unspecified atom stereocenters. The van der Waals surface area contributed by atoms with Gasteiger partial charge in [0.2, 0.25) is 5.91 Å². The number of amides is 1. The predicted octanol–water partition coefficient (Wildman–Crippen LogP) is 1.56. The van der Waals surface area contributed by atoms with Crippen molar-refractivity contribution >= 4 is 5.91 Å². The van der Waals surface area contributed by atoms with Gasteiger partial charge < -0.3 is 10.4 Å². The third-order valence-electron chi connectivity index (χ3n) is 3.12. The van der Waals surface area contributed by atoms with E-state index in [-0.39, 0.29) is 23.7 Å². The average molecular weight is 282 g/mol. The lowest BCUT2D eigenvalue weighted by Crippen LogP contribution is -2.42. The first-order valence-corrected chi connectivity index (χ1v) is 6.57. The molecular formula is C15H23FN2O2. The molecule has 1 aromatic rings. The van der Waals surface area contributed by atoms with E-state index in [2.05, 4.69) is 5.32 Å². The topological polar surface area (TPSA) is 52.6 Å². The van der Waals surface area contributed by atoms with Crippen molar-refractivity contribution in [2.75, 3.05) is 27.2 Å². The highest BCUT2D eigenvalue weighted by Crippen LogP contribution is 2.20. The molecule has 0 saturated carbocycles. The number of nitrogens with one attached hydrogen (secondary N) is 1. The van der Waals surface area contributed by atoms with Crippen LogP contribution in [0.25, 0.3) is 0 Å². The molecule has 5 heteroatoms. The Morgan fingerprint density at radius 3 is 2.35 bits per heavy atom. The summed E-state index contributed by atoms with van der Waals surface area (Å²) in [6, 6.07) is 5.42. The molecule has 0 aromatic heterocycles. The lowest BCUT2D eigenvalue weighted by molar-refractivity contribution is -0.126. The summed E-state index contributed by atoms with van der Waals surface area (Å²) in [5, 5.41) is 12.0. The first kappa shape index (κ1) is 16.6. The van der Waals surface area contributed by atoms with Crippen molar-refractivity contribution < 1.29 is 14.3 Å². The minimum atomic E-state index is -0.481. The summed E-state index contributed by atoms with van der Waals surface area (Å²) in [6.07, 6.45) is 0. The number of nitrogens with zero attached hydrogens (tertiary/aromatic N) is 1. The molecule has 0 aliphatic heterocycles. The Morgan fingerprint density at radius 2 is 1.90 bits per heavy atom. The van der Waals surface area contributed by atoms with Gasteiger partial charge in [-0.3, -0.25) is 9.69 Å². The SMILES string of the molecule is CN(C)[C@H](C(=O)NCC(C)(C)CO)c1ccc(F)cc1. The van der Waals surface area contributed by atoms with Crippen molar-refractivity contribution in [3.05, 3.63) is 35.6 Å². The lowest BCUT2D eigenvalue weighted by Gasteiger charge is -2.27. The summed E-state index contributed by atoms with van der Waals surface area (Å²) < 4.78 is 13.0. The van der Waals surface area contributed by atoms with Gasteiger partial charge in [0.15, 0.2) is 0 Å². The summed E-state index contributed by atoms with van der Waals surface area (Å²) in [4.78, 5) is 14.1. The van der Waals surface area contributed by atoms with E-state index in [4.69, 9.17) is 0 Å². The van der Waals surface area contributed by atoms with Crippen LogP contribution in [0.5, 0.6) is 0 Å². The molecule has 4 nitrogen and oxygen atoms in total. The Morgan fingerprint density at radius 1 is 1.35 bits per heavy atom. The number of carbonyl (C=O) groups excluding carboxylic acids is 1. The maximum absolute atomic E-state index is 13.0. The van der Waals surface area contributed by atoms with E-state index in [9.17, 15) is 14.3 Å². The Hall–Kier alpha value is -1.46. The van der Waals surface area contributed by atoms with Crippen LogP contribution in [0.4, 0.5) is 4.39 Å². The van der Waals surface area contributed by atoms with Crippen molar-refractivity contribution in [2.24, 2.45) is 5.41 Å². The Labute approximate surface area is 119 Å². The van der Waals surface area contributed by atoms with Crippen LogP contribution < -0.4 is 5.32 Å². The zero-order valence-electron chi connectivity index (χ0n) is 12.5. The van der Waals surface area contributed by atoms with Gasteiger partial charge in [-0.15, -0.1) is 0 Å². The van der Waals surface area contributed by atoms with Gasteiger partial charge in [0.1, 0.15) is 11.9 Å². The van der Waals surface area contributed by atoms with Gasteiger partial charge in [-0.1, -0.05) is 26.0 Å². The molecular weight excluding hydrogens is 259 g/mol. The average Bonchev–Trinajstić information content (AvgIpc) is 2.39. The van der Waals surface area contributed by atoms with Crippen molar-refractivity contribution in [1.82, 2.24) is 10.2 Å². The first-order valence-electron chi connectivity index (χ1n) is 6.57. The first-order chi connectivity index (χ1) is 9.26. The van der Waals surface area contributed by atoms with E-state index < -0.39 is 6.04 Å². The van der Waals surface area contributed by atoms with Crippen LogP contribution in [0.2, 0.25) is 0 Å². The predicted molar refractivity (Wildman–Crippen MR) is 76.7 cm³/mol. The number of carbonyl (C=O) groups is 1. The molecule has 0 bridgehead atoms. The molecule has 1 atom stereocenters. The van der Waals surface area contributed by atoms with E-state index in [1.54, 1.807) is 31.1 Å². The van der Waals surface area contributed by atoms with E-state index in [1.807, 2.05) is 13.8 Å².